The lowest BCUT2D eigenvalue weighted by Gasteiger charge is -2.37. The normalized spacial score (nSPS) is 18.6. The first-order valence-corrected chi connectivity index (χ1v) is 11.7. The molecule has 3 heterocycles. The Morgan fingerprint density at radius 2 is 2.03 bits per heavy atom. The molecule has 11 heteroatoms. The largest absolute Gasteiger partial charge is 0.503 e. The van der Waals surface area contributed by atoms with Crippen LogP contribution in [0.3, 0.4) is 0 Å². The van der Waals surface area contributed by atoms with Gasteiger partial charge < -0.3 is 25.4 Å². The number of amides is 1. The Balaban J connectivity index is 1.54. The number of methoxy groups -OCH3 is 1. The minimum absolute atomic E-state index is 0.0350. The number of benzene rings is 2. The molecule has 1 fully saturated rings. The number of nitrogens with zero attached hydrogens (tertiary/aromatic N) is 4. The molecule has 1 aliphatic heterocycles. The number of halogens is 1. The third-order valence-electron chi connectivity index (χ3n) is 5.90. The van der Waals surface area contributed by atoms with Crippen molar-refractivity contribution in [3.63, 3.8) is 0 Å². The van der Waals surface area contributed by atoms with E-state index in [4.69, 9.17) is 4.74 Å². The molecule has 5 rings (SSSR count). The number of phenols is 1. The van der Waals surface area contributed by atoms with Crippen molar-refractivity contribution < 1.29 is 19.0 Å². The van der Waals surface area contributed by atoms with Gasteiger partial charge in [-0.15, -0.1) is 0 Å². The van der Waals surface area contributed by atoms with Crippen LogP contribution in [0.15, 0.2) is 24.4 Å². The number of phenolic OH excluding ortho intramolecular Hbond substituents is 1. The molecule has 34 heavy (non-hydrogen) atoms. The minimum atomic E-state index is -0.883. The average Bonchev–Trinajstić information content (AvgIpc) is 3.39. The number of carbonyl (C=O) groups excluding carboxylic acids is 1. The number of thiazole rings is 1. The van der Waals surface area contributed by atoms with Crippen LogP contribution >= 0.6 is 11.3 Å². The second kappa shape index (κ2) is 8.41. The fourth-order valence-electron chi connectivity index (χ4n) is 4.54. The summed E-state index contributed by atoms with van der Waals surface area (Å²) in [6, 6.07) is 5.74. The van der Waals surface area contributed by atoms with Gasteiger partial charge in [0, 0.05) is 43.8 Å². The Labute approximate surface area is 199 Å². The van der Waals surface area contributed by atoms with E-state index < -0.39 is 17.5 Å². The molecule has 3 N–H and O–H groups in total. The van der Waals surface area contributed by atoms with Gasteiger partial charge >= 0.3 is 0 Å². The maximum atomic E-state index is 14.6. The number of aromatic nitrogens is 3. The van der Waals surface area contributed by atoms with Gasteiger partial charge in [-0.1, -0.05) is 11.3 Å². The van der Waals surface area contributed by atoms with Gasteiger partial charge in [-0.3, -0.25) is 9.48 Å². The Hall–Kier alpha value is -3.44. The van der Waals surface area contributed by atoms with Gasteiger partial charge in [-0.2, -0.15) is 5.10 Å². The molecule has 178 valence electrons. The van der Waals surface area contributed by atoms with E-state index in [1.165, 1.54) is 29.2 Å². The third kappa shape index (κ3) is 3.80. The van der Waals surface area contributed by atoms with Gasteiger partial charge in [0.25, 0.3) is 11.1 Å². The molecule has 0 saturated carbocycles. The van der Waals surface area contributed by atoms with Crippen LogP contribution in [-0.2, 0) is 7.05 Å². The van der Waals surface area contributed by atoms with E-state index in [2.05, 4.69) is 39.5 Å². The lowest BCUT2D eigenvalue weighted by molar-refractivity contribution is 0.102. The summed E-state index contributed by atoms with van der Waals surface area (Å²) in [6.07, 6.45) is 1.61. The molecule has 1 aliphatic rings. The van der Waals surface area contributed by atoms with Crippen LogP contribution in [0.5, 0.6) is 10.9 Å². The fourth-order valence-corrected chi connectivity index (χ4v) is 5.49. The number of hydrogen-bond acceptors (Lipinski definition) is 8. The van der Waals surface area contributed by atoms with Crippen molar-refractivity contribution in [1.29, 1.82) is 0 Å². The molecular weight excluding hydrogens is 459 g/mol. The van der Waals surface area contributed by atoms with Crippen LogP contribution in [0.4, 0.5) is 15.8 Å². The second-order valence-corrected chi connectivity index (χ2v) is 9.61. The number of nitrogens with one attached hydrogen (secondary N) is 2. The summed E-state index contributed by atoms with van der Waals surface area (Å²) in [5.41, 5.74) is 1.79. The Morgan fingerprint density at radius 3 is 2.74 bits per heavy atom. The van der Waals surface area contributed by atoms with Gasteiger partial charge in [-0.25, -0.2) is 9.37 Å². The van der Waals surface area contributed by atoms with Gasteiger partial charge in [0.15, 0.2) is 11.6 Å². The van der Waals surface area contributed by atoms with Crippen LogP contribution < -0.4 is 20.3 Å². The number of piperazine rings is 1. The number of fused-ring (bicyclic) bond motifs is 2. The summed E-state index contributed by atoms with van der Waals surface area (Å²) in [4.78, 5) is 20.1. The van der Waals surface area contributed by atoms with Crippen molar-refractivity contribution in [2.45, 2.75) is 25.9 Å². The smallest absolute Gasteiger partial charge is 0.274 e. The lowest BCUT2D eigenvalue weighted by Crippen LogP contribution is -2.54. The number of hydrogen-bond donors (Lipinski definition) is 3. The molecule has 2 atom stereocenters. The zero-order valence-corrected chi connectivity index (χ0v) is 20.0. The van der Waals surface area contributed by atoms with Gasteiger partial charge in [0.2, 0.25) is 0 Å². The first kappa shape index (κ1) is 22.4. The highest BCUT2D eigenvalue weighted by Crippen LogP contribution is 2.39. The molecule has 1 saturated heterocycles. The van der Waals surface area contributed by atoms with E-state index in [9.17, 15) is 14.3 Å². The Kier molecular flexibility index (Phi) is 5.53. The van der Waals surface area contributed by atoms with Crippen molar-refractivity contribution in [3.05, 3.63) is 35.8 Å². The topological polar surface area (TPSA) is 105 Å². The van der Waals surface area contributed by atoms with Crippen molar-refractivity contribution in [2.24, 2.45) is 7.05 Å². The summed E-state index contributed by atoms with van der Waals surface area (Å²) in [7, 11) is 3.19. The summed E-state index contributed by atoms with van der Waals surface area (Å²) < 4.78 is 22.3. The van der Waals surface area contributed by atoms with E-state index in [0.29, 0.717) is 33.7 Å². The number of ether oxygens (including phenoxy) is 1. The molecule has 2 aromatic carbocycles. The molecule has 4 aromatic rings. The number of anilines is 2. The Morgan fingerprint density at radius 1 is 1.29 bits per heavy atom. The molecule has 1 amide bonds. The average molecular weight is 485 g/mol. The van der Waals surface area contributed by atoms with E-state index in [0.717, 1.165) is 23.5 Å². The highest BCUT2D eigenvalue weighted by Gasteiger charge is 2.26. The van der Waals surface area contributed by atoms with Crippen LogP contribution in [-0.4, -0.2) is 58.1 Å². The third-order valence-corrected chi connectivity index (χ3v) is 6.94. The van der Waals surface area contributed by atoms with Crippen molar-refractivity contribution in [1.82, 2.24) is 20.1 Å². The fraction of sp³-hybridized carbons (Fsp3) is 0.348. The molecule has 2 aromatic heterocycles. The summed E-state index contributed by atoms with van der Waals surface area (Å²) in [6.45, 7) is 5.92. The Bertz CT molecular complexity index is 1410. The van der Waals surface area contributed by atoms with E-state index in [1.54, 1.807) is 19.3 Å². The van der Waals surface area contributed by atoms with Crippen molar-refractivity contribution in [3.8, 4) is 10.9 Å². The first-order valence-electron chi connectivity index (χ1n) is 10.9. The van der Waals surface area contributed by atoms with Crippen LogP contribution in [0, 0.1) is 5.82 Å². The van der Waals surface area contributed by atoms with Crippen LogP contribution in [0.1, 0.15) is 24.2 Å². The minimum Gasteiger partial charge on any atom is -0.503 e. The molecular formula is C23H25FN6O3S. The molecule has 9 nitrogen and oxygen atoms in total. The molecule has 0 unspecified atom stereocenters. The van der Waals surface area contributed by atoms with Crippen molar-refractivity contribution >= 4 is 49.7 Å². The van der Waals surface area contributed by atoms with Gasteiger partial charge in [0.05, 0.1) is 28.7 Å². The monoisotopic (exact) mass is 484 g/mol. The van der Waals surface area contributed by atoms with Gasteiger partial charge in [-0.05, 0) is 32.0 Å². The number of rotatable bonds is 4. The molecule has 0 spiro atoms. The number of carbonyl (C=O) groups is 1. The number of aryl methyl sites for hydroxylation is 1. The summed E-state index contributed by atoms with van der Waals surface area (Å²) >= 11 is 1.37. The van der Waals surface area contributed by atoms with E-state index >= 15 is 0 Å². The predicted octanol–water partition coefficient (Wildman–Crippen LogP) is 3.48. The van der Waals surface area contributed by atoms with Gasteiger partial charge in [0.1, 0.15) is 11.0 Å². The SMILES string of the molecule is COc1nc2c(C(=O)Nc3cc4cn(C)nc4c(F)c3O)ccc(N3C[C@H](C)N[C@@H](C)C3)c2s1. The maximum Gasteiger partial charge on any atom is 0.274 e. The summed E-state index contributed by atoms with van der Waals surface area (Å²) in [5.74, 6) is -2.05. The number of aromatic hydroxyl groups is 1. The van der Waals surface area contributed by atoms with Crippen LogP contribution in [0.2, 0.25) is 0 Å². The van der Waals surface area contributed by atoms with Crippen molar-refractivity contribution in [2.75, 3.05) is 30.4 Å². The first-order chi connectivity index (χ1) is 16.2. The molecule has 0 radical (unpaired) electrons. The molecule has 0 bridgehead atoms. The quantitative estimate of drug-likeness (QED) is 0.381. The second-order valence-electron chi connectivity index (χ2n) is 8.65. The zero-order valence-electron chi connectivity index (χ0n) is 19.2. The highest BCUT2D eigenvalue weighted by atomic mass is 32.1. The predicted molar refractivity (Wildman–Crippen MR) is 131 cm³/mol. The van der Waals surface area contributed by atoms with E-state index in [1.807, 2.05) is 6.07 Å². The lowest BCUT2D eigenvalue weighted by atomic mass is 10.1. The van der Waals surface area contributed by atoms with Crippen LogP contribution in [0.25, 0.3) is 21.1 Å². The van der Waals surface area contributed by atoms with E-state index in [-0.39, 0.29) is 11.2 Å². The zero-order chi connectivity index (χ0) is 24.1. The summed E-state index contributed by atoms with van der Waals surface area (Å²) in [5, 5.41) is 21.4. The standard InChI is InChI=1S/C23H25FN6O3S/c1-11-8-30(9-12(2)25-11)16-6-5-14(19-21(16)34-23(27-19)33-4)22(32)26-15-7-13-10-29(3)28-18(13)17(24)20(15)31/h5-7,10-12,25,31H,8-9H2,1-4H3,(H,26,32)/t11-,12-/m0/s1. The maximum absolute atomic E-state index is 14.6. The highest BCUT2D eigenvalue weighted by molar-refractivity contribution is 7.21. The molecule has 0 aliphatic carbocycles.